The van der Waals surface area contributed by atoms with E-state index in [9.17, 15) is 4.79 Å². The number of aryl methyl sites for hydroxylation is 1. The molecule has 0 aliphatic heterocycles. The summed E-state index contributed by atoms with van der Waals surface area (Å²) in [5.74, 6) is 0. The standard InChI is InChI=1S/C11H15N4O4.Y/c1-5-14-19-6-9-10(8(2)12-7-13-9)15(18-4)11(16)17-3;/h7H,6H2,1-4H3;/q-1;. The minimum Gasteiger partial charge on any atom is -0.451 e. The fourth-order valence-corrected chi connectivity index (χ4v) is 1.38. The summed E-state index contributed by atoms with van der Waals surface area (Å²) in [6.07, 6.45) is 3.15. The summed E-state index contributed by atoms with van der Waals surface area (Å²) in [4.78, 5) is 29.6. The topological polar surface area (TPSA) is 86.1 Å². The van der Waals surface area contributed by atoms with Gasteiger partial charge in [0.05, 0.1) is 19.9 Å². The van der Waals surface area contributed by atoms with Crippen molar-refractivity contribution in [1.82, 2.24) is 9.97 Å². The van der Waals surface area contributed by atoms with Gasteiger partial charge in [0.1, 0.15) is 17.7 Å². The van der Waals surface area contributed by atoms with Crippen LogP contribution in [0.4, 0.5) is 10.5 Å². The number of carbonyl (C=O) groups excluding carboxylic acids is 1. The Morgan fingerprint density at radius 1 is 1.45 bits per heavy atom. The van der Waals surface area contributed by atoms with Crippen molar-refractivity contribution in [3.63, 3.8) is 0 Å². The Hall–Kier alpha value is -1.12. The van der Waals surface area contributed by atoms with Crippen molar-refractivity contribution in [2.24, 2.45) is 5.16 Å². The van der Waals surface area contributed by atoms with Crippen molar-refractivity contribution >= 4 is 18.0 Å². The molecule has 107 valence electrons. The normalized spacial score (nSPS) is 10.0. The number of hydrogen-bond acceptors (Lipinski definition) is 7. The molecule has 0 saturated carbocycles. The van der Waals surface area contributed by atoms with E-state index < -0.39 is 6.09 Å². The number of hydrogen-bond donors (Lipinski definition) is 0. The number of aromatic nitrogens is 2. The Morgan fingerprint density at radius 3 is 2.70 bits per heavy atom. The zero-order valence-electron chi connectivity index (χ0n) is 11.8. The molecule has 1 radical (unpaired) electrons. The van der Waals surface area contributed by atoms with Gasteiger partial charge in [-0.15, -0.1) is 5.06 Å². The molecule has 1 heterocycles. The Labute approximate surface area is 142 Å². The van der Waals surface area contributed by atoms with Gasteiger partial charge in [0.25, 0.3) is 0 Å². The summed E-state index contributed by atoms with van der Waals surface area (Å²) in [7, 11) is 2.59. The zero-order chi connectivity index (χ0) is 14.3. The number of methoxy groups -OCH3 is 1. The van der Waals surface area contributed by atoms with Crippen molar-refractivity contribution in [1.29, 1.82) is 0 Å². The predicted molar refractivity (Wildman–Crippen MR) is 66.6 cm³/mol. The zero-order valence-corrected chi connectivity index (χ0v) is 14.6. The van der Waals surface area contributed by atoms with E-state index in [1.165, 1.54) is 20.5 Å². The van der Waals surface area contributed by atoms with Crippen LogP contribution in [-0.4, -0.2) is 36.5 Å². The molecular weight excluding hydrogens is 341 g/mol. The molecule has 0 bridgehead atoms. The van der Waals surface area contributed by atoms with E-state index in [4.69, 9.17) is 9.68 Å². The fourth-order valence-electron chi connectivity index (χ4n) is 1.38. The third-order valence-electron chi connectivity index (χ3n) is 2.16. The van der Waals surface area contributed by atoms with Gasteiger partial charge in [0.2, 0.25) is 0 Å². The van der Waals surface area contributed by atoms with Crippen LogP contribution in [0.1, 0.15) is 18.3 Å². The number of carbonyl (C=O) groups is 1. The molecule has 0 fully saturated rings. The van der Waals surface area contributed by atoms with Crippen LogP contribution in [0, 0.1) is 6.92 Å². The molecule has 0 saturated heterocycles. The van der Waals surface area contributed by atoms with Crippen LogP contribution in [0.2, 0.25) is 0 Å². The van der Waals surface area contributed by atoms with Gasteiger partial charge < -0.3 is 20.9 Å². The van der Waals surface area contributed by atoms with Crippen LogP contribution in [0.5, 0.6) is 0 Å². The third kappa shape index (κ3) is 4.77. The van der Waals surface area contributed by atoms with E-state index in [1.54, 1.807) is 13.8 Å². The second-order valence-electron chi connectivity index (χ2n) is 3.29. The van der Waals surface area contributed by atoms with Crippen LogP contribution < -0.4 is 5.06 Å². The molecule has 9 heteroatoms. The average molecular weight is 356 g/mol. The second kappa shape index (κ2) is 9.74. The SMILES string of the molecule is C[C-]=NOCc1ncnc(C)c1N(OC)C(=O)OC.[Y]. The van der Waals surface area contributed by atoms with Crippen molar-refractivity contribution in [2.45, 2.75) is 20.5 Å². The van der Waals surface area contributed by atoms with Gasteiger partial charge in [-0.2, -0.15) is 6.92 Å². The number of anilines is 1. The Kier molecular flexibility index (Phi) is 9.19. The summed E-state index contributed by atoms with van der Waals surface area (Å²) in [6, 6.07) is 0. The van der Waals surface area contributed by atoms with E-state index in [1.807, 2.05) is 0 Å². The van der Waals surface area contributed by atoms with Gasteiger partial charge in [0, 0.05) is 32.7 Å². The molecule has 0 aliphatic carbocycles. The molecule has 1 aromatic rings. The quantitative estimate of drug-likeness (QED) is 0.449. The van der Waals surface area contributed by atoms with Crippen molar-refractivity contribution in [3.05, 3.63) is 17.7 Å². The first kappa shape index (κ1) is 18.9. The average Bonchev–Trinajstić information content (AvgIpc) is 2.42. The van der Waals surface area contributed by atoms with Crippen LogP contribution >= 0.6 is 0 Å². The van der Waals surface area contributed by atoms with E-state index >= 15 is 0 Å². The van der Waals surface area contributed by atoms with Gasteiger partial charge in [-0.3, -0.25) is 4.84 Å². The Morgan fingerprint density at radius 2 is 2.15 bits per heavy atom. The first-order chi connectivity index (χ1) is 9.15. The van der Waals surface area contributed by atoms with Gasteiger partial charge >= 0.3 is 6.09 Å². The van der Waals surface area contributed by atoms with E-state index in [0.717, 1.165) is 5.06 Å². The second-order valence-corrected chi connectivity index (χ2v) is 3.29. The maximum Gasteiger partial charge on any atom is 0.438 e. The summed E-state index contributed by atoms with van der Waals surface area (Å²) in [6.45, 7) is 3.36. The van der Waals surface area contributed by atoms with Crippen molar-refractivity contribution in [3.8, 4) is 0 Å². The van der Waals surface area contributed by atoms with Gasteiger partial charge in [-0.25, -0.2) is 14.8 Å². The number of amides is 1. The molecule has 1 rings (SSSR count). The van der Waals surface area contributed by atoms with Crippen LogP contribution in [-0.2, 0) is 53.7 Å². The van der Waals surface area contributed by atoms with Crippen LogP contribution in [0.25, 0.3) is 0 Å². The number of hydroxylamine groups is 1. The first-order valence-corrected chi connectivity index (χ1v) is 5.37. The molecule has 0 spiro atoms. The first-order valence-electron chi connectivity index (χ1n) is 5.37. The predicted octanol–water partition coefficient (Wildman–Crippen LogP) is 1.32. The summed E-state index contributed by atoms with van der Waals surface area (Å²) in [5, 5.41) is 4.45. The molecule has 0 aromatic carbocycles. The molecule has 0 atom stereocenters. The molecule has 1 amide bonds. The largest absolute Gasteiger partial charge is 0.451 e. The third-order valence-corrected chi connectivity index (χ3v) is 2.16. The van der Waals surface area contributed by atoms with E-state index in [-0.39, 0.29) is 39.3 Å². The Bertz CT molecular complexity index is 470. The molecule has 0 aliphatic rings. The van der Waals surface area contributed by atoms with E-state index in [2.05, 4.69) is 26.1 Å². The fraction of sp³-hybridized carbons (Fsp3) is 0.455. The maximum atomic E-state index is 11.6. The monoisotopic (exact) mass is 356 g/mol. The van der Waals surface area contributed by atoms with Crippen LogP contribution in [0.3, 0.4) is 0 Å². The minimum absolute atomic E-state index is 0. The molecule has 0 unspecified atom stereocenters. The maximum absolute atomic E-state index is 11.6. The van der Waals surface area contributed by atoms with Gasteiger partial charge in [0.15, 0.2) is 6.61 Å². The number of nitrogens with zero attached hydrogens (tertiary/aromatic N) is 4. The van der Waals surface area contributed by atoms with Crippen molar-refractivity contribution < 1.29 is 51.9 Å². The molecule has 1 aromatic heterocycles. The van der Waals surface area contributed by atoms with E-state index in [0.29, 0.717) is 17.1 Å². The van der Waals surface area contributed by atoms with Crippen LogP contribution in [0.15, 0.2) is 11.5 Å². The molecular formula is C11H15N4O4Y-. The van der Waals surface area contributed by atoms with Gasteiger partial charge in [-0.1, -0.05) is 0 Å². The molecule has 0 N–H and O–H groups in total. The smallest absolute Gasteiger partial charge is 0.438 e. The molecule has 20 heavy (non-hydrogen) atoms. The molecule has 8 nitrogen and oxygen atoms in total. The number of ether oxygens (including phenoxy) is 1. The summed E-state index contributed by atoms with van der Waals surface area (Å²) in [5.41, 5.74) is 1.35. The minimum atomic E-state index is -0.688. The van der Waals surface area contributed by atoms with Gasteiger partial charge in [-0.05, 0) is 6.92 Å². The summed E-state index contributed by atoms with van der Waals surface area (Å²) >= 11 is 0. The van der Waals surface area contributed by atoms with Crippen molar-refractivity contribution in [2.75, 3.05) is 19.3 Å². The summed E-state index contributed by atoms with van der Waals surface area (Å²) < 4.78 is 4.62. The Balaban J connectivity index is 0.00000361. The number of rotatable bonds is 5.